The normalized spacial score (nSPS) is 23.8. The van der Waals surface area contributed by atoms with E-state index in [4.69, 9.17) is 0 Å². The van der Waals surface area contributed by atoms with Gasteiger partial charge in [0.2, 0.25) is 0 Å². The number of benzene rings is 1. The zero-order chi connectivity index (χ0) is 13.8. The van der Waals surface area contributed by atoms with E-state index in [1.165, 1.54) is 24.9 Å². The summed E-state index contributed by atoms with van der Waals surface area (Å²) in [5, 5.41) is 3.62. The number of piperidine rings is 1. The minimum absolute atomic E-state index is 0.534. The lowest BCUT2D eigenvalue weighted by Crippen LogP contribution is -2.50. The number of rotatable bonds is 3. The quantitative estimate of drug-likeness (QED) is 0.905. The Hall–Kier alpha value is -1.55. The molecule has 20 heavy (non-hydrogen) atoms. The highest BCUT2D eigenvalue weighted by Crippen LogP contribution is 2.14. The molecule has 1 fully saturated rings. The van der Waals surface area contributed by atoms with Gasteiger partial charge in [-0.05, 0) is 24.9 Å². The fourth-order valence-electron chi connectivity index (χ4n) is 3.03. The van der Waals surface area contributed by atoms with Gasteiger partial charge in [-0.2, -0.15) is 0 Å². The van der Waals surface area contributed by atoms with Crippen LogP contribution in [0.5, 0.6) is 0 Å². The number of nitrogens with zero attached hydrogens (tertiary/aromatic N) is 3. The van der Waals surface area contributed by atoms with Gasteiger partial charge in [-0.1, -0.05) is 30.3 Å². The molecule has 0 radical (unpaired) electrons. The van der Waals surface area contributed by atoms with E-state index in [-0.39, 0.29) is 0 Å². The molecular weight excluding hydrogens is 248 g/mol. The molecule has 1 atom stereocenters. The lowest BCUT2D eigenvalue weighted by Gasteiger charge is -2.34. The molecule has 0 aliphatic carbocycles. The molecule has 2 heterocycles. The highest BCUT2D eigenvalue weighted by molar-refractivity contribution is 5.81. The van der Waals surface area contributed by atoms with Crippen molar-refractivity contribution in [3.63, 3.8) is 0 Å². The SMILES string of the molecule is CN1CCN=C1NC1CCCN(Cc2ccccc2)C1. The van der Waals surface area contributed by atoms with E-state index in [9.17, 15) is 0 Å². The summed E-state index contributed by atoms with van der Waals surface area (Å²) in [5.41, 5.74) is 1.41. The van der Waals surface area contributed by atoms with Crippen molar-refractivity contribution in [1.82, 2.24) is 15.1 Å². The summed E-state index contributed by atoms with van der Waals surface area (Å²) >= 11 is 0. The van der Waals surface area contributed by atoms with Crippen molar-refractivity contribution < 1.29 is 0 Å². The Balaban J connectivity index is 1.54. The molecule has 1 unspecified atom stereocenters. The van der Waals surface area contributed by atoms with Crippen LogP contribution in [-0.2, 0) is 6.54 Å². The van der Waals surface area contributed by atoms with Gasteiger partial charge in [-0.25, -0.2) is 0 Å². The summed E-state index contributed by atoms with van der Waals surface area (Å²) in [7, 11) is 2.11. The Morgan fingerprint density at radius 2 is 2.10 bits per heavy atom. The van der Waals surface area contributed by atoms with E-state index < -0.39 is 0 Å². The Morgan fingerprint density at radius 3 is 2.85 bits per heavy atom. The summed E-state index contributed by atoms with van der Waals surface area (Å²) in [6, 6.07) is 11.3. The highest BCUT2D eigenvalue weighted by atomic mass is 15.3. The lowest BCUT2D eigenvalue weighted by molar-refractivity contribution is 0.191. The van der Waals surface area contributed by atoms with Crippen LogP contribution in [0.3, 0.4) is 0 Å². The first-order chi connectivity index (χ1) is 9.81. The van der Waals surface area contributed by atoms with Crippen LogP contribution in [0.1, 0.15) is 18.4 Å². The molecule has 0 spiro atoms. The minimum atomic E-state index is 0.534. The molecule has 1 saturated heterocycles. The number of likely N-dealkylation sites (N-methyl/N-ethyl adjacent to an activating group) is 1. The fraction of sp³-hybridized carbons (Fsp3) is 0.562. The van der Waals surface area contributed by atoms with Crippen molar-refractivity contribution >= 4 is 5.96 Å². The third-order valence-corrected chi connectivity index (χ3v) is 4.15. The maximum absolute atomic E-state index is 4.53. The second kappa shape index (κ2) is 6.27. The van der Waals surface area contributed by atoms with Crippen molar-refractivity contribution in [3.05, 3.63) is 35.9 Å². The molecule has 1 aromatic rings. The molecule has 2 aliphatic heterocycles. The molecule has 0 aromatic heterocycles. The maximum atomic E-state index is 4.53. The van der Waals surface area contributed by atoms with Gasteiger partial charge in [-0.15, -0.1) is 0 Å². The average Bonchev–Trinajstić information content (AvgIpc) is 2.86. The molecule has 0 bridgehead atoms. The zero-order valence-electron chi connectivity index (χ0n) is 12.3. The van der Waals surface area contributed by atoms with Crippen molar-refractivity contribution in [3.8, 4) is 0 Å². The second-order valence-electron chi connectivity index (χ2n) is 5.83. The van der Waals surface area contributed by atoms with Crippen molar-refractivity contribution in [2.24, 2.45) is 4.99 Å². The van der Waals surface area contributed by atoms with Crippen LogP contribution in [0.4, 0.5) is 0 Å². The van der Waals surface area contributed by atoms with E-state index in [2.05, 4.69) is 57.5 Å². The smallest absolute Gasteiger partial charge is 0.194 e. The third-order valence-electron chi connectivity index (χ3n) is 4.15. The van der Waals surface area contributed by atoms with Gasteiger partial charge in [0, 0.05) is 32.7 Å². The van der Waals surface area contributed by atoms with Crippen LogP contribution in [0.25, 0.3) is 0 Å². The average molecular weight is 272 g/mol. The van der Waals surface area contributed by atoms with Gasteiger partial charge in [0.1, 0.15) is 0 Å². The first kappa shape index (κ1) is 13.4. The summed E-state index contributed by atoms with van der Waals surface area (Å²) in [6.45, 7) is 5.35. The maximum Gasteiger partial charge on any atom is 0.194 e. The molecule has 1 N–H and O–H groups in total. The first-order valence-electron chi connectivity index (χ1n) is 7.59. The Kier molecular flexibility index (Phi) is 4.21. The molecule has 108 valence electrons. The zero-order valence-corrected chi connectivity index (χ0v) is 12.3. The second-order valence-corrected chi connectivity index (χ2v) is 5.83. The van der Waals surface area contributed by atoms with Gasteiger partial charge in [0.25, 0.3) is 0 Å². The highest BCUT2D eigenvalue weighted by Gasteiger charge is 2.23. The van der Waals surface area contributed by atoms with Crippen LogP contribution in [-0.4, -0.2) is 55.0 Å². The molecule has 4 heteroatoms. The van der Waals surface area contributed by atoms with E-state index in [1.807, 2.05) is 0 Å². The van der Waals surface area contributed by atoms with Crippen molar-refractivity contribution in [2.45, 2.75) is 25.4 Å². The van der Waals surface area contributed by atoms with E-state index in [0.29, 0.717) is 6.04 Å². The number of aliphatic imine (C=N–C) groups is 1. The number of nitrogens with one attached hydrogen (secondary N) is 1. The number of hydrogen-bond donors (Lipinski definition) is 1. The summed E-state index contributed by atoms with van der Waals surface area (Å²) in [5.74, 6) is 1.08. The third kappa shape index (κ3) is 3.31. The first-order valence-corrected chi connectivity index (χ1v) is 7.59. The molecule has 0 saturated carbocycles. The predicted octanol–water partition coefficient (Wildman–Crippen LogP) is 1.54. The number of hydrogen-bond acceptors (Lipinski definition) is 4. The number of likely N-dealkylation sites (tertiary alicyclic amines) is 1. The Labute approximate surface area is 121 Å². The Bertz CT molecular complexity index is 457. The summed E-state index contributed by atoms with van der Waals surface area (Å²) in [6.07, 6.45) is 2.51. The van der Waals surface area contributed by atoms with Crippen molar-refractivity contribution in [2.75, 3.05) is 33.2 Å². The summed E-state index contributed by atoms with van der Waals surface area (Å²) in [4.78, 5) is 9.30. The molecule has 1 aromatic carbocycles. The molecule has 0 amide bonds. The van der Waals surface area contributed by atoms with Crippen LogP contribution < -0.4 is 5.32 Å². The van der Waals surface area contributed by atoms with Gasteiger partial charge < -0.3 is 10.2 Å². The van der Waals surface area contributed by atoms with Gasteiger partial charge >= 0.3 is 0 Å². The fourth-order valence-corrected chi connectivity index (χ4v) is 3.03. The van der Waals surface area contributed by atoms with Gasteiger partial charge in [-0.3, -0.25) is 9.89 Å². The van der Waals surface area contributed by atoms with Crippen molar-refractivity contribution in [1.29, 1.82) is 0 Å². The van der Waals surface area contributed by atoms with Crippen LogP contribution >= 0.6 is 0 Å². The van der Waals surface area contributed by atoms with Crippen LogP contribution in [0.15, 0.2) is 35.3 Å². The monoisotopic (exact) mass is 272 g/mol. The lowest BCUT2D eigenvalue weighted by atomic mass is 10.0. The van der Waals surface area contributed by atoms with Crippen LogP contribution in [0, 0.1) is 0 Å². The molecular formula is C16H24N4. The topological polar surface area (TPSA) is 30.9 Å². The molecule has 3 rings (SSSR count). The van der Waals surface area contributed by atoms with E-state index in [0.717, 1.165) is 32.1 Å². The molecule has 2 aliphatic rings. The minimum Gasteiger partial charge on any atom is -0.352 e. The Morgan fingerprint density at radius 1 is 1.25 bits per heavy atom. The van der Waals surface area contributed by atoms with Gasteiger partial charge in [0.05, 0.1) is 6.54 Å². The van der Waals surface area contributed by atoms with E-state index >= 15 is 0 Å². The van der Waals surface area contributed by atoms with E-state index in [1.54, 1.807) is 0 Å². The summed E-state index contributed by atoms with van der Waals surface area (Å²) < 4.78 is 0. The molecule has 4 nitrogen and oxygen atoms in total. The number of guanidine groups is 1. The largest absolute Gasteiger partial charge is 0.352 e. The van der Waals surface area contributed by atoms with Gasteiger partial charge in [0.15, 0.2) is 5.96 Å². The standard InChI is InChI=1S/C16H24N4/c1-19-11-9-17-16(19)18-15-8-5-10-20(13-15)12-14-6-3-2-4-7-14/h2-4,6-7,15H,5,8-13H2,1H3,(H,17,18). The predicted molar refractivity (Wildman–Crippen MR) is 82.8 cm³/mol. The van der Waals surface area contributed by atoms with Crippen LogP contribution in [0.2, 0.25) is 0 Å².